The fourth-order valence-electron chi connectivity index (χ4n) is 4.74. The molecule has 0 spiro atoms. The molecule has 16 nitrogen and oxygen atoms in total. The second-order valence-electron chi connectivity index (χ2n) is 12.4. The molecule has 0 heterocycles. The summed E-state index contributed by atoms with van der Waals surface area (Å²) in [4.78, 5) is 10.2. The number of benzene rings is 1. The highest BCUT2D eigenvalue weighted by molar-refractivity contribution is 5.35. The number of nitro benzene ring substituents is 1. The standard InChI is InChI=1S/C40H73NO15/c1-2-3-4-5-6-7-8-9-14-44-15-16-45-17-18-46-19-20-47-21-22-48-23-24-49-25-26-50-27-28-51-29-30-52-31-32-53-33-34-54-35-36-55-37-38-56-40-12-10-39(11-13-40)41(42)43/h10-13H,2-9,14-38H2,1H3. The minimum Gasteiger partial charge on any atom is -0.491 e. The normalized spacial score (nSPS) is 11.4. The van der Waals surface area contributed by atoms with Crippen LogP contribution in [0.5, 0.6) is 5.75 Å². The summed E-state index contributed by atoms with van der Waals surface area (Å²) < 4.78 is 71.5. The molecule has 0 N–H and O–H groups in total. The van der Waals surface area contributed by atoms with E-state index in [0.29, 0.717) is 164 Å². The van der Waals surface area contributed by atoms with Crippen LogP contribution in [0.15, 0.2) is 24.3 Å². The first-order valence-corrected chi connectivity index (χ1v) is 20.5. The minimum absolute atomic E-state index is 0.0257. The van der Waals surface area contributed by atoms with Crippen molar-refractivity contribution in [2.45, 2.75) is 58.3 Å². The highest BCUT2D eigenvalue weighted by atomic mass is 16.6. The van der Waals surface area contributed by atoms with Crippen LogP contribution in [0.3, 0.4) is 0 Å². The SMILES string of the molecule is CCCCCCCCCCOCCOCCOCCOCCOCCOCCOCCOCCOCCOCCOCCOCCOc1ccc([N+](=O)[O-])cc1. The van der Waals surface area contributed by atoms with Crippen LogP contribution in [0, 0.1) is 10.1 Å². The van der Waals surface area contributed by atoms with Gasteiger partial charge in [-0.05, 0) is 18.6 Å². The highest BCUT2D eigenvalue weighted by Crippen LogP contribution is 2.17. The Hall–Kier alpha value is -2.06. The van der Waals surface area contributed by atoms with Gasteiger partial charge in [0.1, 0.15) is 12.4 Å². The van der Waals surface area contributed by atoms with Crippen molar-refractivity contribution >= 4 is 5.69 Å². The molecule has 328 valence electrons. The molecule has 0 saturated heterocycles. The zero-order chi connectivity index (χ0) is 40.1. The van der Waals surface area contributed by atoms with Crippen molar-refractivity contribution in [2.24, 2.45) is 0 Å². The monoisotopic (exact) mass is 807 g/mol. The van der Waals surface area contributed by atoms with Gasteiger partial charge in [0.25, 0.3) is 5.69 Å². The maximum Gasteiger partial charge on any atom is 0.269 e. The Labute approximate surface area is 335 Å². The lowest BCUT2D eigenvalue weighted by Gasteiger charge is -2.09. The van der Waals surface area contributed by atoms with Crippen LogP contribution in [0.25, 0.3) is 0 Å². The number of hydrogen-bond donors (Lipinski definition) is 0. The molecular formula is C40H73NO15. The van der Waals surface area contributed by atoms with E-state index in [9.17, 15) is 10.1 Å². The van der Waals surface area contributed by atoms with Crippen molar-refractivity contribution in [2.75, 3.05) is 165 Å². The molecule has 0 fully saturated rings. The van der Waals surface area contributed by atoms with Gasteiger partial charge >= 0.3 is 0 Å². The van der Waals surface area contributed by atoms with Crippen molar-refractivity contribution in [1.82, 2.24) is 0 Å². The molecule has 0 amide bonds. The largest absolute Gasteiger partial charge is 0.491 e. The van der Waals surface area contributed by atoms with Crippen molar-refractivity contribution in [3.63, 3.8) is 0 Å². The average molecular weight is 808 g/mol. The Morgan fingerprint density at radius 2 is 0.607 bits per heavy atom. The van der Waals surface area contributed by atoms with E-state index in [0.717, 1.165) is 13.0 Å². The first-order chi connectivity index (χ1) is 27.7. The molecule has 1 aromatic carbocycles. The Balaban J connectivity index is 1.62. The molecule has 0 bridgehead atoms. The topological polar surface area (TPSA) is 163 Å². The Morgan fingerprint density at radius 3 is 0.893 bits per heavy atom. The lowest BCUT2D eigenvalue weighted by Crippen LogP contribution is -2.15. The average Bonchev–Trinajstić information content (AvgIpc) is 3.21. The van der Waals surface area contributed by atoms with Gasteiger partial charge in [0.15, 0.2) is 0 Å². The summed E-state index contributed by atoms with van der Waals surface area (Å²) in [6, 6.07) is 5.92. The van der Waals surface area contributed by atoms with E-state index in [1.54, 1.807) is 12.1 Å². The number of rotatable bonds is 47. The van der Waals surface area contributed by atoms with Gasteiger partial charge in [-0.3, -0.25) is 10.1 Å². The van der Waals surface area contributed by atoms with E-state index in [1.165, 1.54) is 57.1 Å². The van der Waals surface area contributed by atoms with Crippen LogP contribution in [0.2, 0.25) is 0 Å². The van der Waals surface area contributed by atoms with Crippen LogP contribution in [0.1, 0.15) is 58.3 Å². The van der Waals surface area contributed by atoms with Crippen LogP contribution in [-0.4, -0.2) is 170 Å². The maximum absolute atomic E-state index is 10.7. The predicted molar refractivity (Wildman–Crippen MR) is 211 cm³/mol. The van der Waals surface area contributed by atoms with Crippen molar-refractivity contribution in [3.05, 3.63) is 34.4 Å². The summed E-state index contributed by atoms with van der Waals surface area (Å²) in [5.41, 5.74) is 0.0257. The molecule has 56 heavy (non-hydrogen) atoms. The quantitative estimate of drug-likeness (QED) is 0.0473. The molecule has 0 atom stereocenters. The fourth-order valence-corrected chi connectivity index (χ4v) is 4.74. The van der Waals surface area contributed by atoms with E-state index in [1.807, 2.05) is 0 Å². The molecule has 0 aliphatic heterocycles. The summed E-state index contributed by atoms with van der Waals surface area (Å²) in [5, 5.41) is 10.7. The van der Waals surface area contributed by atoms with Crippen LogP contribution >= 0.6 is 0 Å². The van der Waals surface area contributed by atoms with Gasteiger partial charge in [-0.1, -0.05) is 51.9 Å². The fraction of sp³-hybridized carbons (Fsp3) is 0.850. The van der Waals surface area contributed by atoms with Gasteiger partial charge in [-0.15, -0.1) is 0 Å². The molecule has 0 radical (unpaired) electrons. The molecule has 16 heteroatoms. The predicted octanol–water partition coefficient (Wildman–Crippen LogP) is 5.31. The van der Waals surface area contributed by atoms with Crippen LogP contribution < -0.4 is 4.74 Å². The maximum atomic E-state index is 10.7. The zero-order valence-electron chi connectivity index (χ0n) is 34.2. The van der Waals surface area contributed by atoms with Crippen molar-refractivity contribution in [1.29, 1.82) is 0 Å². The van der Waals surface area contributed by atoms with Gasteiger partial charge in [-0.2, -0.15) is 0 Å². The number of non-ortho nitro benzene ring substituents is 1. The molecule has 0 aliphatic rings. The second-order valence-corrected chi connectivity index (χ2v) is 12.4. The molecular weight excluding hydrogens is 734 g/mol. The first-order valence-electron chi connectivity index (χ1n) is 20.5. The highest BCUT2D eigenvalue weighted by Gasteiger charge is 2.04. The van der Waals surface area contributed by atoms with E-state index < -0.39 is 4.92 Å². The second kappa shape index (κ2) is 44.1. The Kier molecular flexibility index (Phi) is 40.9. The van der Waals surface area contributed by atoms with Crippen molar-refractivity contribution in [3.8, 4) is 5.75 Å². The lowest BCUT2D eigenvalue weighted by atomic mass is 10.1. The Bertz CT molecular complexity index is 932. The third kappa shape index (κ3) is 38.8. The van der Waals surface area contributed by atoms with E-state index in [4.69, 9.17) is 61.6 Å². The zero-order valence-corrected chi connectivity index (χ0v) is 34.2. The summed E-state index contributed by atoms with van der Waals surface area (Å²) in [6.45, 7) is 15.0. The number of unbranched alkanes of at least 4 members (excludes halogenated alkanes) is 7. The molecule has 1 rings (SSSR count). The minimum atomic E-state index is -0.450. The summed E-state index contributed by atoms with van der Waals surface area (Å²) >= 11 is 0. The Morgan fingerprint density at radius 1 is 0.357 bits per heavy atom. The third-order valence-electron chi connectivity index (χ3n) is 7.78. The van der Waals surface area contributed by atoms with E-state index in [-0.39, 0.29) is 5.69 Å². The third-order valence-corrected chi connectivity index (χ3v) is 7.78. The van der Waals surface area contributed by atoms with Gasteiger partial charge in [0, 0.05) is 18.7 Å². The van der Waals surface area contributed by atoms with E-state index in [2.05, 4.69) is 6.92 Å². The molecule has 0 saturated carbocycles. The van der Waals surface area contributed by atoms with Crippen LogP contribution in [0.4, 0.5) is 5.69 Å². The summed E-state index contributed by atoms with van der Waals surface area (Å²) in [5.74, 6) is 0.556. The number of ether oxygens (including phenoxy) is 13. The molecule has 0 aromatic heterocycles. The lowest BCUT2D eigenvalue weighted by molar-refractivity contribution is -0.384. The van der Waals surface area contributed by atoms with Gasteiger partial charge < -0.3 is 61.6 Å². The van der Waals surface area contributed by atoms with Crippen molar-refractivity contribution < 1.29 is 66.5 Å². The number of nitrogens with zero attached hydrogens (tertiary/aromatic N) is 1. The number of nitro groups is 1. The number of hydrogen-bond acceptors (Lipinski definition) is 15. The molecule has 0 aliphatic carbocycles. The summed E-state index contributed by atoms with van der Waals surface area (Å²) in [7, 11) is 0. The van der Waals surface area contributed by atoms with E-state index >= 15 is 0 Å². The first kappa shape index (κ1) is 52.0. The molecule has 0 unspecified atom stereocenters. The van der Waals surface area contributed by atoms with Crippen LogP contribution in [-0.2, 0) is 56.8 Å². The van der Waals surface area contributed by atoms with Gasteiger partial charge in [-0.25, -0.2) is 0 Å². The molecule has 1 aromatic rings. The van der Waals surface area contributed by atoms with Gasteiger partial charge in [0.2, 0.25) is 0 Å². The smallest absolute Gasteiger partial charge is 0.269 e. The summed E-state index contributed by atoms with van der Waals surface area (Å²) in [6.07, 6.45) is 10.5. The van der Waals surface area contributed by atoms with Gasteiger partial charge in [0.05, 0.1) is 157 Å².